The molecule has 0 N–H and O–H groups in total. The van der Waals surface area contributed by atoms with Gasteiger partial charge in [-0.05, 0) is 49.2 Å². The van der Waals surface area contributed by atoms with Gasteiger partial charge in [0, 0.05) is 16.8 Å². The lowest BCUT2D eigenvalue weighted by Gasteiger charge is -2.23. The predicted octanol–water partition coefficient (Wildman–Crippen LogP) is 5.05. The van der Waals surface area contributed by atoms with Gasteiger partial charge >= 0.3 is 0 Å². The summed E-state index contributed by atoms with van der Waals surface area (Å²) in [5.41, 5.74) is 2.10. The molecule has 7 nitrogen and oxygen atoms in total. The Balaban J connectivity index is 1.33. The molecule has 1 fully saturated rings. The van der Waals surface area contributed by atoms with Crippen LogP contribution in [0.3, 0.4) is 0 Å². The molecule has 0 aliphatic heterocycles. The Morgan fingerprint density at radius 1 is 0.943 bits per heavy atom. The Bertz CT molecular complexity index is 1580. The molecular weight excluding hydrogens is 464 g/mol. The Morgan fingerprint density at radius 3 is 2.23 bits per heavy atom. The lowest BCUT2D eigenvalue weighted by Crippen LogP contribution is -2.35. The number of benzene rings is 3. The van der Waals surface area contributed by atoms with Crippen LogP contribution in [0, 0.1) is 0 Å². The maximum absolute atomic E-state index is 13.6. The van der Waals surface area contributed by atoms with E-state index in [0.29, 0.717) is 33.1 Å². The molecule has 1 saturated carbocycles. The number of amides is 1. The molecule has 0 bridgehead atoms. The molecule has 6 rings (SSSR count). The first-order chi connectivity index (χ1) is 17.1. The molecule has 174 valence electrons. The van der Waals surface area contributed by atoms with Crippen LogP contribution in [0.4, 0.5) is 0 Å². The highest BCUT2D eigenvalue weighted by atomic mass is 35.5. The smallest absolute Gasteiger partial charge is 0.249 e. The molecule has 5 aromatic rings. The molecule has 0 spiro atoms. The summed E-state index contributed by atoms with van der Waals surface area (Å²) in [7, 11) is 0. The van der Waals surface area contributed by atoms with E-state index in [1.807, 2.05) is 59.2 Å². The highest BCUT2D eigenvalue weighted by Crippen LogP contribution is 2.31. The second kappa shape index (κ2) is 8.67. The fraction of sp³-hybridized carbons (Fsp3) is 0.185. The maximum atomic E-state index is 13.6. The summed E-state index contributed by atoms with van der Waals surface area (Å²) in [6.45, 7) is 0.320. The molecule has 0 unspecified atom stereocenters. The van der Waals surface area contributed by atoms with Crippen molar-refractivity contribution in [3.63, 3.8) is 0 Å². The summed E-state index contributed by atoms with van der Waals surface area (Å²) in [5, 5.41) is 10.0. The highest BCUT2D eigenvalue weighted by molar-refractivity contribution is 6.33. The topological polar surface area (TPSA) is 81.2 Å². The van der Waals surface area contributed by atoms with Crippen molar-refractivity contribution < 1.29 is 9.21 Å². The first-order valence-electron chi connectivity index (χ1n) is 11.5. The van der Waals surface area contributed by atoms with Crippen LogP contribution < -0.4 is 5.43 Å². The minimum atomic E-state index is -0.0658. The minimum absolute atomic E-state index is 0.0306. The van der Waals surface area contributed by atoms with E-state index < -0.39 is 0 Å². The van der Waals surface area contributed by atoms with Gasteiger partial charge in [-0.3, -0.25) is 9.59 Å². The number of fused-ring (bicyclic) bond motifs is 2. The average molecular weight is 485 g/mol. The van der Waals surface area contributed by atoms with Gasteiger partial charge in [-0.15, -0.1) is 10.2 Å². The van der Waals surface area contributed by atoms with Gasteiger partial charge < -0.3 is 13.9 Å². The molecule has 1 aliphatic rings. The number of carbonyl (C=O) groups excluding carboxylic acids is 1. The van der Waals surface area contributed by atoms with Crippen molar-refractivity contribution in [1.29, 1.82) is 0 Å². The number of rotatable bonds is 6. The standard InChI is InChI=1S/C27H21ClN4O3/c28-21-10-4-1-7-18(21)27-30-29-24(35-27)15-31(17-13-14-17)25(33)16-32-22-11-5-2-8-19(22)26(34)20-9-3-6-12-23(20)32/h1-12,17H,13-16H2. The van der Waals surface area contributed by atoms with Gasteiger partial charge in [0.15, 0.2) is 5.43 Å². The molecule has 35 heavy (non-hydrogen) atoms. The van der Waals surface area contributed by atoms with E-state index in [4.69, 9.17) is 16.0 Å². The van der Waals surface area contributed by atoms with Crippen molar-refractivity contribution in [2.75, 3.05) is 0 Å². The summed E-state index contributed by atoms with van der Waals surface area (Å²) < 4.78 is 7.79. The summed E-state index contributed by atoms with van der Waals surface area (Å²) in [4.78, 5) is 28.4. The van der Waals surface area contributed by atoms with Gasteiger partial charge in [-0.1, -0.05) is 48.0 Å². The van der Waals surface area contributed by atoms with E-state index in [9.17, 15) is 9.59 Å². The van der Waals surface area contributed by atoms with Crippen molar-refractivity contribution >= 4 is 39.3 Å². The predicted molar refractivity (Wildman–Crippen MR) is 134 cm³/mol. The second-order valence-electron chi connectivity index (χ2n) is 8.68. The van der Waals surface area contributed by atoms with Crippen LogP contribution in [0.1, 0.15) is 18.7 Å². The molecule has 2 heterocycles. The maximum Gasteiger partial charge on any atom is 0.249 e. The molecule has 0 saturated heterocycles. The van der Waals surface area contributed by atoms with E-state index in [2.05, 4.69) is 10.2 Å². The third-order valence-corrected chi connectivity index (χ3v) is 6.69. The normalized spacial score (nSPS) is 13.4. The Kier molecular flexibility index (Phi) is 5.34. The molecule has 2 aromatic heterocycles. The van der Waals surface area contributed by atoms with Crippen LogP contribution in [0.15, 0.2) is 82.0 Å². The first kappa shape index (κ1) is 21.6. The Morgan fingerprint density at radius 2 is 1.57 bits per heavy atom. The minimum Gasteiger partial charge on any atom is -0.419 e. The van der Waals surface area contributed by atoms with Crippen molar-refractivity contribution in [1.82, 2.24) is 19.7 Å². The number of pyridine rings is 1. The largest absolute Gasteiger partial charge is 0.419 e. The fourth-order valence-corrected chi connectivity index (χ4v) is 4.70. The number of carbonyl (C=O) groups is 1. The number of aromatic nitrogens is 3. The van der Waals surface area contributed by atoms with E-state index in [1.54, 1.807) is 23.1 Å². The van der Waals surface area contributed by atoms with Crippen molar-refractivity contribution in [3.05, 3.63) is 93.9 Å². The summed E-state index contributed by atoms with van der Waals surface area (Å²) in [6, 6.07) is 22.2. The van der Waals surface area contributed by atoms with E-state index >= 15 is 0 Å². The quantitative estimate of drug-likeness (QED) is 0.315. The van der Waals surface area contributed by atoms with E-state index in [0.717, 1.165) is 23.9 Å². The van der Waals surface area contributed by atoms with Crippen LogP contribution in [0.25, 0.3) is 33.3 Å². The fourth-order valence-electron chi connectivity index (χ4n) is 4.49. The summed E-state index contributed by atoms with van der Waals surface area (Å²) in [6.07, 6.45) is 1.87. The lowest BCUT2D eigenvalue weighted by molar-refractivity contribution is -0.133. The van der Waals surface area contributed by atoms with Gasteiger partial charge in [0.2, 0.25) is 17.7 Å². The molecule has 8 heteroatoms. The van der Waals surface area contributed by atoms with E-state index in [1.165, 1.54) is 0 Å². The molecule has 3 aromatic carbocycles. The Hall–Kier alpha value is -3.97. The number of hydrogen-bond acceptors (Lipinski definition) is 5. The summed E-state index contributed by atoms with van der Waals surface area (Å²) >= 11 is 6.26. The van der Waals surface area contributed by atoms with Crippen molar-refractivity contribution in [2.24, 2.45) is 0 Å². The zero-order chi connectivity index (χ0) is 23.9. The van der Waals surface area contributed by atoms with Crippen LogP contribution in [0.2, 0.25) is 5.02 Å². The zero-order valence-electron chi connectivity index (χ0n) is 18.7. The zero-order valence-corrected chi connectivity index (χ0v) is 19.5. The lowest BCUT2D eigenvalue weighted by atomic mass is 10.1. The van der Waals surface area contributed by atoms with E-state index in [-0.39, 0.29) is 30.5 Å². The van der Waals surface area contributed by atoms with Crippen LogP contribution in [-0.4, -0.2) is 31.6 Å². The van der Waals surface area contributed by atoms with Gasteiger partial charge in [0.1, 0.15) is 6.54 Å². The molecule has 0 radical (unpaired) electrons. The van der Waals surface area contributed by atoms with Crippen LogP contribution in [0.5, 0.6) is 0 Å². The third-order valence-electron chi connectivity index (χ3n) is 6.36. The molecule has 1 amide bonds. The van der Waals surface area contributed by atoms with Gasteiger partial charge in [-0.25, -0.2) is 0 Å². The number of halogens is 1. The Labute approximate surface area is 205 Å². The van der Waals surface area contributed by atoms with Gasteiger partial charge in [0.25, 0.3) is 0 Å². The molecule has 0 atom stereocenters. The van der Waals surface area contributed by atoms with Gasteiger partial charge in [-0.2, -0.15) is 0 Å². The highest BCUT2D eigenvalue weighted by Gasteiger charge is 2.34. The number of hydrogen-bond donors (Lipinski definition) is 0. The van der Waals surface area contributed by atoms with Gasteiger partial charge in [0.05, 0.1) is 28.2 Å². The number of para-hydroxylation sites is 2. The van der Waals surface area contributed by atoms with Crippen molar-refractivity contribution in [3.8, 4) is 11.5 Å². The van der Waals surface area contributed by atoms with Crippen molar-refractivity contribution in [2.45, 2.75) is 32.0 Å². The first-order valence-corrected chi connectivity index (χ1v) is 11.8. The average Bonchev–Trinajstić information content (AvgIpc) is 3.62. The molecule has 1 aliphatic carbocycles. The monoisotopic (exact) mass is 484 g/mol. The SMILES string of the molecule is O=C(Cn1c2ccccc2c(=O)c2ccccc21)N(Cc1nnc(-c2ccccc2Cl)o1)C1CC1. The summed E-state index contributed by atoms with van der Waals surface area (Å²) in [5.74, 6) is 0.616. The van der Waals surface area contributed by atoms with Crippen LogP contribution >= 0.6 is 11.6 Å². The number of nitrogens with zero attached hydrogens (tertiary/aromatic N) is 4. The van der Waals surface area contributed by atoms with Crippen LogP contribution in [-0.2, 0) is 17.9 Å². The second-order valence-corrected chi connectivity index (χ2v) is 9.09. The molecular formula is C27H21ClN4O3. The third kappa shape index (κ3) is 3.98.